The number of thioether (sulfide) groups is 1. The molecule has 0 aliphatic carbocycles. The molecule has 0 spiro atoms. The number of aliphatic hydroxyl groups excluding tert-OH is 1. The van der Waals surface area contributed by atoms with Crippen LogP contribution in [-0.2, 0) is 9.53 Å². The molecule has 106 valence electrons. The summed E-state index contributed by atoms with van der Waals surface area (Å²) in [5.74, 6) is 0.836. The summed E-state index contributed by atoms with van der Waals surface area (Å²) in [6, 6.07) is -0.453. The van der Waals surface area contributed by atoms with Crippen LogP contribution in [0.2, 0.25) is 0 Å². The molecule has 1 aliphatic heterocycles. The lowest BCUT2D eigenvalue weighted by Gasteiger charge is -2.43. The number of carbonyl (C=O) groups excluding carboxylic acids is 1. The molecule has 0 bridgehead atoms. The normalized spacial score (nSPS) is 24.9. The maximum absolute atomic E-state index is 12.2. The monoisotopic (exact) mass is 276 g/mol. The van der Waals surface area contributed by atoms with Gasteiger partial charge in [-0.2, -0.15) is 11.8 Å². The Morgan fingerprint density at radius 2 is 2.33 bits per heavy atom. The van der Waals surface area contributed by atoms with E-state index in [1.54, 1.807) is 16.7 Å². The Morgan fingerprint density at radius 3 is 2.89 bits per heavy atom. The number of ether oxygens (including phenoxy) is 1. The van der Waals surface area contributed by atoms with Crippen LogP contribution in [0.25, 0.3) is 0 Å². The van der Waals surface area contributed by atoms with Crippen LogP contribution in [0.15, 0.2) is 0 Å². The third-order valence-corrected chi connectivity index (χ3v) is 3.59. The fourth-order valence-corrected chi connectivity index (χ4v) is 2.65. The topological polar surface area (TPSA) is 75.8 Å². The van der Waals surface area contributed by atoms with E-state index in [2.05, 4.69) is 0 Å². The molecule has 0 radical (unpaired) electrons. The highest BCUT2D eigenvalue weighted by atomic mass is 32.2. The highest BCUT2D eigenvalue weighted by Crippen LogP contribution is 2.21. The number of nitrogens with zero attached hydrogens (tertiary/aromatic N) is 1. The number of rotatable bonds is 5. The highest BCUT2D eigenvalue weighted by molar-refractivity contribution is 7.98. The molecule has 1 aliphatic rings. The van der Waals surface area contributed by atoms with Crippen molar-refractivity contribution >= 4 is 17.7 Å². The van der Waals surface area contributed by atoms with E-state index in [0.717, 1.165) is 5.75 Å². The molecule has 1 saturated heterocycles. The molecule has 1 amide bonds. The lowest BCUT2D eigenvalue weighted by Crippen LogP contribution is -2.58. The summed E-state index contributed by atoms with van der Waals surface area (Å²) in [5.41, 5.74) is 5.47. The van der Waals surface area contributed by atoms with E-state index in [-0.39, 0.29) is 18.6 Å². The van der Waals surface area contributed by atoms with Crippen molar-refractivity contribution in [2.75, 3.05) is 31.7 Å². The van der Waals surface area contributed by atoms with Gasteiger partial charge in [0.25, 0.3) is 0 Å². The van der Waals surface area contributed by atoms with Crippen molar-refractivity contribution in [3.8, 4) is 0 Å². The van der Waals surface area contributed by atoms with Crippen LogP contribution < -0.4 is 5.73 Å². The molecule has 1 rings (SSSR count). The van der Waals surface area contributed by atoms with Crippen molar-refractivity contribution in [1.82, 2.24) is 4.90 Å². The van der Waals surface area contributed by atoms with Gasteiger partial charge in [-0.1, -0.05) is 0 Å². The summed E-state index contributed by atoms with van der Waals surface area (Å²) >= 11 is 1.68. The zero-order valence-electron chi connectivity index (χ0n) is 11.4. The van der Waals surface area contributed by atoms with E-state index in [0.29, 0.717) is 19.5 Å². The molecule has 18 heavy (non-hydrogen) atoms. The minimum absolute atomic E-state index is 0.0427. The molecule has 0 aromatic rings. The van der Waals surface area contributed by atoms with Gasteiger partial charge in [0.2, 0.25) is 5.91 Å². The minimum atomic E-state index is -0.453. The molecular weight excluding hydrogens is 252 g/mol. The number of nitrogens with two attached hydrogens (primary N) is 1. The third kappa shape index (κ3) is 4.42. The molecule has 5 nitrogen and oxygen atoms in total. The number of carbonyl (C=O) groups is 1. The van der Waals surface area contributed by atoms with Crippen molar-refractivity contribution in [3.63, 3.8) is 0 Å². The van der Waals surface area contributed by atoms with Gasteiger partial charge in [-0.3, -0.25) is 4.79 Å². The molecule has 0 aromatic carbocycles. The van der Waals surface area contributed by atoms with Gasteiger partial charge in [-0.15, -0.1) is 0 Å². The molecular formula is C12H24N2O3S. The second-order valence-electron chi connectivity index (χ2n) is 5.29. The maximum atomic E-state index is 12.2. The van der Waals surface area contributed by atoms with Crippen LogP contribution >= 0.6 is 11.8 Å². The first kappa shape index (κ1) is 15.8. The van der Waals surface area contributed by atoms with Crippen molar-refractivity contribution < 1.29 is 14.6 Å². The minimum Gasteiger partial charge on any atom is -0.394 e. The Bertz CT molecular complexity index is 286. The molecule has 1 heterocycles. The maximum Gasteiger partial charge on any atom is 0.239 e. The second kappa shape index (κ2) is 6.75. The molecule has 1 unspecified atom stereocenters. The van der Waals surface area contributed by atoms with Gasteiger partial charge in [0.15, 0.2) is 0 Å². The predicted molar refractivity (Wildman–Crippen MR) is 73.6 cm³/mol. The summed E-state index contributed by atoms with van der Waals surface area (Å²) in [6.07, 6.45) is 2.36. The van der Waals surface area contributed by atoms with Crippen LogP contribution in [-0.4, -0.2) is 65.4 Å². The number of morpholine rings is 1. The Hall–Kier alpha value is -0.300. The number of aliphatic hydroxyl groups is 1. The van der Waals surface area contributed by atoms with E-state index in [1.807, 2.05) is 20.1 Å². The van der Waals surface area contributed by atoms with Gasteiger partial charge < -0.3 is 20.5 Å². The highest BCUT2D eigenvalue weighted by Gasteiger charge is 2.36. The van der Waals surface area contributed by atoms with E-state index in [9.17, 15) is 9.90 Å². The average molecular weight is 276 g/mol. The lowest BCUT2D eigenvalue weighted by atomic mass is 10.0. The Balaban J connectivity index is 2.61. The Labute approximate surface area is 113 Å². The van der Waals surface area contributed by atoms with Crippen LogP contribution in [0.5, 0.6) is 0 Å². The van der Waals surface area contributed by atoms with Gasteiger partial charge in [0.05, 0.1) is 24.4 Å². The van der Waals surface area contributed by atoms with Gasteiger partial charge in [0.1, 0.15) is 0 Å². The molecule has 2 atom stereocenters. The van der Waals surface area contributed by atoms with Crippen LogP contribution in [0.1, 0.15) is 20.3 Å². The van der Waals surface area contributed by atoms with Crippen molar-refractivity contribution in [3.05, 3.63) is 0 Å². The summed E-state index contributed by atoms with van der Waals surface area (Å²) in [7, 11) is 0. The SMILES string of the molecule is CSCC[C@H](N)C(=O)N1CC(CO)OC(C)(C)C1. The zero-order chi connectivity index (χ0) is 13.8. The molecule has 1 fully saturated rings. The van der Waals surface area contributed by atoms with Gasteiger partial charge in [-0.25, -0.2) is 0 Å². The standard InChI is InChI=1S/C12H24N2O3S/c1-12(2)8-14(6-9(7-15)17-12)11(16)10(13)4-5-18-3/h9-10,15H,4-8,13H2,1-3H3/t9?,10-/m0/s1. The van der Waals surface area contributed by atoms with Gasteiger partial charge in [0, 0.05) is 13.1 Å². The van der Waals surface area contributed by atoms with Crippen molar-refractivity contribution in [2.24, 2.45) is 5.73 Å². The van der Waals surface area contributed by atoms with E-state index >= 15 is 0 Å². The first-order chi connectivity index (χ1) is 8.39. The van der Waals surface area contributed by atoms with Crippen LogP contribution in [0.4, 0.5) is 0 Å². The van der Waals surface area contributed by atoms with E-state index in [1.165, 1.54) is 0 Å². The first-order valence-corrected chi connectivity index (χ1v) is 7.61. The Morgan fingerprint density at radius 1 is 1.67 bits per heavy atom. The third-order valence-electron chi connectivity index (χ3n) is 2.95. The fraction of sp³-hybridized carbons (Fsp3) is 0.917. The smallest absolute Gasteiger partial charge is 0.239 e. The van der Waals surface area contributed by atoms with Crippen LogP contribution in [0.3, 0.4) is 0 Å². The van der Waals surface area contributed by atoms with Gasteiger partial charge >= 0.3 is 0 Å². The van der Waals surface area contributed by atoms with Crippen LogP contribution in [0, 0.1) is 0 Å². The molecule has 6 heteroatoms. The molecule has 3 N–H and O–H groups in total. The molecule has 0 aromatic heterocycles. The zero-order valence-corrected chi connectivity index (χ0v) is 12.2. The first-order valence-electron chi connectivity index (χ1n) is 6.21. The summed E-state index contributed by atoms with van der Waals surface area (Å²) < 4.78 is 5.68. The summed E-state index contributed by atoms with van der Waals surface area (Å²) in [6.45, 7) is 4.71. The summed E-state index contributed by atoms with van der Waals surface area (Å²) in [5, 5.41) is 9.21. The van der Waals surface area contributed by atoms with Crippen molar-refractivity contribution in [1.29, 1.82) is 0 Å². The van der Waals surface area contributed by atoms with Crippen molar-refractivity contribution in [2.45, 2.75) is 38.0 Å². The number of hydrogen-bond acceptors (Lipinski definition) is 5. The quantitative estimate of drug-likeness (QED) is 0.743. The van der Waals surface area contributed by atoms with E-state index in [4.69, 9.17) is 10.5 Å². The van der Waals surface area contributed by atoms with Gasteiger partial charge in [-0.05, 0) is 32.3 Å². The largest absolute Gasteiger partial charge is 0.394 e. The Kier molecular flexibility index (Phi) is 5.91. The summed E-state index contributed by atoms with van der Waals surface area (Å²) in [4.78, 5) is 13.9. The average Bonchev–Trinajstić information content (AvgIpc) is 2.32. The second-order valence-corrected chi connectivity index (χ2v) is 6.27. The number of hydrogen-bond donors (Lipinski definition) is 2. The lowest BCUT2D eigenvalue weighted by molar-refractivity contribution is -0.167. The fourth-order valence-electron chi connectivity index (χ4n) is 2.16. The predicted octanol–water partition coefficient (Wildman–Crippen LogP) is 0.0651. The molecule has 0 saturated carbocycles. The van der Waals surface area contributed by atoms with E-state index < -0.39 is 11.6 Å². The number of amides is 1.